The van der Waals surface area contributed by atoms with Crippen molar-refractivity contribution < 1.29 is 29.0 Å². The van der Waals surface area contributed by atoms with Crippen LogP contribution in [0.2, 0.25) is 0 Å². The van der Waals surface area contributed by atoms with Crippen LogP contribution in [0.5, 0.6) is 0 Å². The zero-order valence-corrected chi connectivity index (χ0v) is 18.1. The van der Waals surface area contributed by atoms with Crippen molar-refractivity contribution in [2.24, 2.45) is 40.2 Å². The number of fused-ring (bicyclic) bond motifs is 5. The van der Waals surface area contributed by atoms with Gasteiger partial charge in [0, 0.05) is 30.2 Å². The summed E-state index contributed by atoms with van der Waals surface area (Å²) in [6.45, 7) is 5.15. The van der Waals surface area contributed by atoms with Gasteiger partial charge in [-0.15, -0.1) is 0 Å². The van der Waals surface area contributed by atoms with Crippen molar-refractivity contribution in [1.29, 1.82) is 0 Å². The number of allylic oxidation sites excluding steroid dienone is 5. The summed E-state index contributed by atoms with van der Waals surface area (Å²) >= 11 is 0. The minimum Gasteiger partial charge on any atom is -0.411 e. The molecule has 3 fully saturated rings. The van der Waals surface area contributed by atoms with Crippen LogP contribution in [0.1, 0.15) is 46.5 Å². The highest BCUT2D eigenvalue weighted by Crippen LogP contribution is 2.66. The molecule has 3 N–H and O–H groups in total. The molecule has 0 radical (unpaired) electrons. The van der Waals surface area contributed by atoms with Gasteiger partial charge < -0.3 is 15.6 Å². The quantitative estimate of drug-likeness (QED) is 0.304. The number of carbonyl (C=O) groups excluding carboxylic acids is 4. The number of nitrogens with two attached hydrogens (primary N) is 1. The predicted octanol–water partition coefficient (Wildman–Crippen LogP) is 1.67. The Morgan fingerprint density at radius 3 is 2.68 bits per heavy atom. The summed E-state index contributed by atoms with van der Waals surface area (Å²) in [7, 11) is 0. The van der Waals surface area contributed by atoms with Crippen LogP contribution in [0.4, 0.5) is 0 Å². The van der Waals surface area contributed by atoms with Gasteiger partial charge in [-0.3, -0.25) is 14.4 Å². The summed E-state index contributed by atoms with van der Waals surface area (Å²) in [6, 6.07) is -0.513. The summed E-state index contributed by atoms with van der Waals surface area (Å²) in [4.78, 5) is 47.8. The molecule has 0 aromatic heterocycles. The fourth-order valence-electron chi connectivity index (χ4n) is 7.33. The van der Waals surface area contributed by atoms with Crippen LogP contribution < -0.4 is 5.73 Å². The van der Waals surface area contributed by atoms with Gasteiger partial charge in [0.05, 0.1) is 6.10 Å². The molecule has 0 aromatic carbocycles. The zero-order valence-electron chi connectivity index (χ0n) is 18.1. The van der Waals surface area contributed by atoms with Crippen LogP contribution in [0.25, 0.3) is 0 Å². The molecule has 7 nitrogen and oxygen atoms in total. The van der Waals surface area contributed by atoms with E-state index in [0.717, 1.165) is 25.3 Å². The van der Waals surface area contributed by atoms with Crippen molar-refractivity contribution >= 4 is 23.5 Å². The van der Waals surface area contributed by atoms with Crippen LogP contribution in [0.3, 0.4) is 0 Å². The first kappa shape index (κ1) is 21.9. The molecule has 0 aliphatic heterocycles. The van der Waals surface area contributed by atoms with Gasteiger partial charge in [-0.05, 0) is 55.1 Å². The topological polar surface area (TPSA) is 124 Å². The molecule has 4 rings (SSSR count). The molecular weight excluding hydrogens is 398 g/mol. The molecule has 31 heavy (non-hydrogen) atoms. The van der Waals surface area contributed by atoms with Gasteiger partial charge in [-0.1, -0.05) is 25.5 Å². The highest BCUT2D eigenvalue weighted by atomic mass is 16.5. The second-order valence-electron chi connectivity index (χ2n) is 10.1. The molecule has 0 saturated heterocycles. The van der Waals surface area contributed by atoms with E-state index in [0.29, 0.717) is 12.8 Å². The lowest BCUT2D eigenvalue weighted by molar-refractivity contribution is -0.146. The maximum Gasteiger partial charge on any atom is 0.308 e. The summed E-state index contributed by atoms with van der Waals surface area (Å²) in [5, 5.41) is 11.3. The molecule has 3 saturated carbocycles. The van der Waals surface area contributed by atoms with Crippen molar-refractivity contribution in [2.45, 2.75) is 58.6 Å². The zero-order chi connectivity index (χ0) is 22.7. The molecule has 0 spiro atoms. The van der Waals surface area contributed by atoms with Gasteiger partial charge in [-0.25, -0.2) is 4.79 Å². The Morgan fingerprint density at radius 2 is 2.03 bits per heavy atom. The third-order valence-electron chi connectivity index (χ3n) is 8.44. The monoisotopic (exact) mass is 427 g/mol. The Labute approximate surface area is 181 Å². The molecule has 0 bridgehead atoms. The lowest BCUT2D eigenvalue weighted by Gasteiger charge is -2.58. The SMILES string of the molecule is CC(=O)OC(=C=O)C(=O)[C@H]1[C@H](N)C[C@H]2[C@@H]3CCC4=CC(=O)C=C[C@]4(C)[C@H]3[C@@H](O)C[C@@]21C. The standard InChI is InChI=1S/C24H29NO6/c1-12(27)31-19(11-26)22(30)21-17(25)9-16-15-5-4-13-8-14(28)6-7-23(13,2)20(15)18(29)10-24(16,21)3/h6-8,15-18,20-21,29H,4-5,9-10,25H2,1-3H3/t15-,16-,17+,18-,20+,21+,23-,24-/m0/s1. The van der Waals surface area contributed by atoms with E-state index < -0.39 is 46.4 Å². The van der Waals surface area contributed by atoms with E-state index >= 15 is 0 Å². The third kappa shape index (κ3) is 3.18. The van der Waals surface area contributed by atoms with Crippen molar-refractivity contribution in [2.75, 3.05) is 0 Å². The van der Waals surface area contributed by atoms with E-state index in [2.05, 4.69) is 6.92 Å². The molecule has 166 valence electrons. The summed E-state index contributed by atoms with van der Waals surface area (Å²) < 4.78 is 4.82. The van der Waals surface area contributed by atoms with E-state index in [1.807, 2.05) is 13.0 Å². The largest absolute Gasteiger partial charge is 0.411 e. The normalized spacial score (nSPS) is 43.1. The molecule has 0 heterocycles. The Morgan fingerprint density at radius 1 is 1.32 bits per heavy atom. The predicted molar refractivity (Wildman–Crippen MR) is 111 cm³/mol. The molecular formula is C24H29NO6. The molecule has 4 aliphatic rings. The minimum atomic E-state index is -0.762. The minimum absolute atomic E-state index is 0.0201. The molecule has 4 aliphatic carbocycles. The van der Waals surface area contributed by atoms with Crippen LogP contribution in [0.15, 0.2) is 29.6 Å². The van der Waals surface area contributed by atoms with Crippen molar-refractivity contribution in [3.8, 4) is 0 Å². The molecule has 0 amide bonds. The Bertz CT molecular complexity index is 959. The molecule has 0 unspecified atom stereocenters. The highest BCUT2D eigenvalue weighted by Gasteiger charge is 2.65. The molecule has 7 heteroatoms. The molecule has 8 atom stereocenters. The van der Waals surface area contributed by atoms with Crippen molar-refractivity contribution in [3.05, 3.63) is 29.6 Å². The average Bonchev–Trinajstić information content (AvgIpc) is 2.95. The van der Waals surface area contributed by atoms with Crippen LogP contribution >= 0.6 is 0 Å². The summed E-state index contributed by atoms with van der Waals surface area (Å²) in [5.41, 5.74) is 6.46. The number of rotatable bonds is 3. The van der Waals surface area contributed by atoms with Gasteiger partial charge in [0.2, 0.25) is 5.78 Å². The fourth-order valence-corrected chi connectivity index (χ4v) is 7.33. The number of Topliss-reactive ketones (excluding diaryl/α,β-unsaturated/α-hetero) is 1. The van der Waals surface area contributed by atoms with Gasteiger partial charge in [0.15, 0.2) is 11.7 Å². The first-order valence-corrected chi connectivity index (χ1v) is 10.9. The number of ketones is 2. The highest BCUT2D eigenvalue weighted by molar-refractivity contribution is 6.04. The maximum absolute atomic E-state index is 13.2. The second-order valence-corrected chi connectivity index (χ2v) is 10.1. The Balaban J connectivity index is 1.70. The van der Waals surface area contributed by atoms with Gasteiger partial charge in [0.1, 0.15) is 0 Å². The fraction of sp³-hybridized carbons (Fsp3) is 0.625. The van der Waals surface area contributed by atoms with Gasteiger partial charge in [0.25, 0.3) is 5.76 Å². The number of carbonyl (C=O) groups is 3. The van der Waals surface area contributed by atoms with Crippen LogP contribution in [-0.2, 0) is 23.9 Å². The number of esters is 1. The second kappa shape index (κ2) is 7.37. The number of hydrogen-bond donors (Lipinski definition) is 2. The lowest BCUT2D eigenvalue weighted by Crippen LogP contribution is -2.56. The van der Waals surface area contributed by atoms with E-state index in [9.17, 15) is 24.3 Å². The first-order chi connectivity index (χ1) is 14.5. The summed E-state index contributed by atoms with van der Waals surface area (Å²) in [6.07, 6.45) is 7.01. The smallest absolute Gasteiger partial charge is 0.308 e. The lowest BCUT2D eigenvalue weighted by atomic mass is 9.46. The van der Waals surface area contributed by atoms with Crippen molar-refractivity contribution in [1.82, 2.24) is 0 Å². The number of ether oxygens (including phenoxy) is 1. The maximum atomic E-state index is 13.2. The van der Waals surface area contributed by atoms with Crippen molar-refractivity contribution in [3.63, 3.8) is 0 Å². The summed E-state index contributed by atoms with van der Waals surface area (Å²) in [5.74, 6) is -1.19. The van der Waals surface area contributed by atoms with E-state index in [1.54, 1.807) is 12.2 Å². The Hall–Kier alpha value is -2.34. The van der Waals surface area contributed by atoms with Gasteiger partial charge in [-0.2, -0.15) is 0 Å². The number of aliphatic hydroxyl groups is 1. The van der Waals surface area contributed by atoms with E-state index in [-0.39, 0.29) is 23.5 Å². The number of hydrogen-bond acceptors (Lipinski definition) is 7. The van der Waals surface area contributed by atoms with Crippen LogP contribution in [-0.4, -0.2) is 40.7 Å². The van der Waals surface area contributed by atoms with E-state index in [4.69, 9.17) is 10.5 Å². The molecule has 0 aromatic rings. The number of aliphatic hydroxyl groups excluding tert-OH is 1. The van der Waals surface area contributed by atoms with Crippen LogP contribution in [0, 0.1) is 34.5 Å². The van der Waals surface area contributed by atoms with Gasteiger partial charge >= 0.3 is 5.97 Å². The Kier molecular flexibility index (Phi) is 5.20. The van der Waals surface area contributed by atoms with E-state index in [1.165, 1.54) is 5.94 Å². The third-order valence-corrected chi connectivity index (χ3v) is 8.44. The first-order valence-electron chi connectivity index (χ1n) is 10.9. The average molecular weight is 427 g/mol.